The molecule has 3 rings (SSSR count). The Morgan fingerprint density at radius 3 is 3.00 bits per heavy atom. The van der Waals surface area contributed by atoms with Gasteiger partial charge in [0, 0.05) is 17.8 Å². The standard InChI is InChI=1S/C14H12FN3O/c15-13-4-2-11(8-17-13)18-14(19)10-1-3-12-9(7-10)5-6-16-12/h1-4,7-8,16H,5-6H2,(H,18,19). The van der Waals surface area contributed by atoms with Gasteiger partial charge in [0.1, 0.15) is 0 Å². The van der Waals surface area contributed by atoms with Gasteiger partial charge in [-0.2, -0.15) is 4.39 Å². The normalized spacial score (nSPS) is 12.7. The molecule has 0 spiro atoms. The third kappa shape index (κ3) is 2.40. The van der Waals surface area contributed by atoms with E-state index in [4.69, 9.17) is 0 Å². The molecule has 1 aromatic heterocycles. The summed E-state index contributed by atoms with van der Waals surface area (Å²) < 4.78 is 12.7. The molecule has 1 aliphatic heterocycles. The lowest BCUT2D eigenvalue weighted by Crippen LogP contribution is -2.12. The van der Waals surface area contributed by atoms with Crippen LogP contribution in [0.15, 0.2) is 36.5 Å². The van der Waals surface area contributed by atoms with Crippen molar-refractivity contribution < 1.29 is 9.18 Å². The second kappa shape index (κ2) is 4.68. The lowest BCUT2D eigenvalue weighted by Gasteiger charge is -2.06. The molecule has 1 aliphatic rings. The number of halogens is 1. The third-order valence-corrected chi connectivity index (χ3v) is 3.06. The average Bonchev–Trinajstić information content (AvgIpc) is 2.88. The molecule has 19 heavy (non-hydrogen) atoms. The number of benzene rings is 1. The molecule has 2 heterocycles. The van der Waals surface area contributed by atoms with Crippen molar-refractivity contribution in [3.63, 3.8) is 0 Å². The minimum Gasteiger partial charge on any atom is -0.384 e. The van der Waals surface area contributed by atoms with E-state index in [1.54, 1.807) is 6.07 Å². The Balaban J connectivity index is 1.78. The van der Waals surface area contributed by atoms with Crippen LogP contribution in [0.25, 0.3) is 0 Å². The van der Waals surface area contributed by atoms with Gasteiger partial charge in [-0.25, -0.2) is 4.98 Å². The van der Waals surface area contributed by atoms with Crippen LogP contribution in [0, 0.1) is 5.95 Å². The number of amides is 1. The quantitative estimate of drug-likeness (QED) is 0.812. The molecular weight excluding hydrogens is 245 g/mol. The first-order valence-corrected chi connectivity index (χ1v) is 6.02. The predicted molar refractivity (Wildman–Crippen MR) is 70.8 cm³/mol. The summed E-state index contributed by atoms with van der Waals surface area (Å²) in [7, 11) is 0. The molecule has 0 fully saturated rings. The van der Waals surface area contributed by atoms with Gasteiger partial charge in [0.25, 0.3) is 5.91 Å². The third-order valence-electron chi connectivity index (χ3n) is 3.06. The van der Waals surface area contributed by atoms with Crippen molar-refractivity contribution in [1.82, 2.24) is 4.98 Å². The van der Waals surface area contributed by atoms with Crippen molar-refractivity contribution in [3.8, 4) is 0 Å². The predicted octanol–water partition coefficient (Wildman–Crippen LogP) is 2.44. The van der Waals surface area contributed by atoms with E-state index >= 15 is 0 Å². The second-order valence-electron chi connectivity index (χ2n) is 4.37. The molecule has 0 bridgehead atoms. The zero-order chi connectivity index (χ0) is 13.2. The first kappa shape index (κ1) is 11.6. The van der Waals surface area contributed by atoms with Crippen LogP contribution in [0.3, 0.4) is 0 Å². The first-order valence-electron chi connectivity index (χ1n) is 6.02. The molecule has 2 N–H and O–H groups in total. The van der Waals surface area contributed by atoms with Gasteiger partial charge in [0.15, 0.2) is 0 Å². The Bertz CT molecular complexity index is 625. The van der Waals surface area contributed by atoms with E-state index in [9.17, 15) is 9.18 Å². The van der Waals surface area contributed by atoms with Gasteiger partial charge in [-0.1, -0.05) is 0 Å². The number of nitrogens with one attached hydrogen (secondary N) is 2. The summed E-state index contributed by atoms with van der Waals surface area (Å²) in [6, 6.07) is 8.24. The fourth-order valence-electron chi connectivity index (χ4n) is 2.10. The zero-order valence-electron chi connectivity index (χ0n) is 10.1. The number of hydrogen-bond donors (Lipinski definition) is 2. The molecule has 0 saturated carbocycles. The molecular formula is C14H12FN3O. The highest BCUT2D eigenvalue weighted by atomic mass is 19.1. The summed E-state index contributed by atoms with van der Waals surface area (Å²) in [6.07, 6.45) is 2.22. The van der Waals surface area contributed by atoms with Crippen LogP contribution < -0.4 is 10.6 Å². The second-order valence-corrected chi connectivity index (χ2v) is 4.37. The van der Waals surface area contributed by atoms with Crippen LogP contribution in [0.5, 0.6) is 0 Å². The van der Waals surface area contributed by atoms with Gasteiger partial charge in [-0.05, 0) is 42.3 Å². The summed E-state index contributed by atoms with van der Waals surface area (Å²) in [5, 5.41) is 5.93. The average molecular weight is 257 g/mol. The summed E-state index contributed by atoms with van der Waals surface area (Å²) in [4.78, 5) is 15.5. The largest absolute Gasteiger partial charge is 0.384 e. The number of rotatable bonds is 2. The van der Waals surface area contributed by atoms with Crippen molar-refractivity contribution in [2.45, 2.75) is 6.42 Å². The van der Waals surface area contributed by atoms with E-state index < -0.39 is 5.95 Å². The Morgan fingerprint density at radius 1 is 1.32 bits per heavy atom. The summed E-state index contributed by atoms with van der Waals surface area (Å²) in [5.74, 6) is -0.787. The molecule has 1 amide bonds. The maximum absolute atomic E-state index is 12.7. The fraction of sp³-hybridized carbons (Fsp3) is 0.143. The number of hydrogen-bond acceptors (Lipinski definition) is 3. The lowest BCUT2D eigenvalue weighted by molar-refractivity contribution is 0.102. The molecule has 2 aromatic rings. The van der Waals surface area contributed by atoms with Crippen LogP contribution in [-0.2, 0) is 6.42 Å². The number of pyridine rings is 1. The number of carbonyl (C=O) groups excluding carboxylic acids is 1. The van der Waals surface area contributed by atoms with E-state index in [2.05, 4.69) is 15.6 Å². The van der Waals surface area contributed by atoms with Gasteiger partial charge < -0.3 is 10.6 Å². The van der Waals surface area contributed by atoms with E-state index in [1.807, 2.05) is 12.1 Å². The Labute approximate surface area is 109 Å². The fourth-order valence-corrected chi connectivity index (χ4v) is 2.10. The van der Waals surface area contributed by atoms with Crippen LogP contribution in [0.1, 0.15) is 15.9 Å². The van der Waals surface area contributed by atoms with E-state index in [1.165, 1.54) is 18.3 Å². The van der Waals surface area contributed by atoms with E-state index in [0.717, 1.165) is 24.2 Å². The molecule has 0 radical (unpaired) electrons. The van der Waals surface area contributed by atoms with Crippen LogP contribution in [0.2, 0.25) is 0 Å². The maximum atomic E-state index is 12.7. The number of aromatic nitrogens is 1. The van der Waals surface area contributed by atoms with Crippen molar-refractivity contribution in [2.24, 2.45) is 0 Å². The molecule has 5 heteroatoms. The zero-order valence-corrected chi connectivity index (χ0v) is 10.1. The highest BCUT2D eigenvalue weighted by Crippen LogP contribution is 2.23. The maximum Gasteiger partial charge on any atom is 0.255 e. The van der Waals surface area contributed by atoms with Crippen LogP contribution >= 0.6 is 0 Å². The summed E-state index contributed by atoms with van der Waals surface area (Å²) in [6.45, 7) is 0.905. The Hall–Kier alpha value is -2.43. The van der Waals surface area contributed by atoms with Gasteiger partial charge in [0.2, 0.25) is 5.95 Å². The smallest absolute Gasteiger partial charge is 0.255 e. The van der Waals surface area contributed by atoms with Crippen LogP contribution in [0.4, 0.5) is 15.8 Å². The van der Waals surface area contributed by atoms with Gasteiger partial charge in [0.05, 0.1) is 11.9 Å². The lowest BCUT2D eigenvalue weighted by atomic mass is 10.1. The van der Waals surface area contributed by atoms with Gasteiger partial charge in [-0.15, -0.1) is 0 Å². The summed E-state index contributed by atoms with van der Waals surface area (Å²) >= 11 is 0. The molecule has 0 aliphatic carbocycles. The number of fused-ring (bicyclic) bond motifs is 1. The molecule has 1 aromatic carbocycles. The SMILES string of the molecule is O=C(Nc1ccc(F)nc1)c1ccc2c(c1)CCN2. The number of nitrogens with zero attached hydrogens (tertiary/aromatic N) is 1. The van der Waals surface area contributed by atoms with Crippen molar-refractivity contribution >= 4 is 17.3 Å². The molecule has 4 nitrogen and oxygen atoms in total. The number of anilines is 2. The van der Waals surface area contributed by atoms with E-state index in [-0.39, 0.29) is 5.91 Å². The molecule has 96 valence electrons. The number of carbonyl (C=O) groups is 1. The minimum atomic E-state index is -0.568. The molecule has 0 atom stereocenters. The first-order chi connectivity index (χ1) is 9.22. The molecule has 0 unspecified atom stereocenters. The van der Waals surface area contributed by atoms with Gasteiger partial charge in [-0.3, -0.25) is 4.79 Å². The Morgan fingerprint density at radius 2 is 2.21 bits per heavy atom. The topological polar surface area (TPSA) is 54.0 Å². The monoisotopic (exact) mass is 257 g/mol. The minimum absolute atomic E-state index is 0.219. The highest BCUT2D eigenvalue weighted by Gasteiger charge is 2.13. The summed E-state index contributed by atoms with van der Waals surface area (Å²) in [5.41, 5.74) is 3.29. The van der Waals surface area contributed by atoms with Crippen molar-refractivity contribution in [1.29, 1.82) is 0 Å². The van der Waals surface area contributed by atoms with Crippen LogP contribution in [-0.4, -0.2) is 17.4 Å². The van der Waals surface area contributed by atoms with E-state index in [0.29, 0.717) is 11.3 Å². The molecule has 0 saturated heterocycles. The van der Waals surface area contributed by atoms with Crippen molar-refractivity contribution in [2.75, 3.05) is 17.2 Å². The Kier molecular flexibility index (Phi) is 2.87. The van der Waals surface area contributed by atoms with Gasteiger partial charge >= 0.3 is 0 Å². The van der Waals surface area contributed by atoms with Crippen molar-refractivity contribution in [3.05, 3.63) is 53.6 Å². The highest BCUT2D eigenvalue weighted by molar-refractivity contribution is 6.04.